The number of rotatable bonds is 2. The molecular weight excluding hydrogens is 307 g/mol. The summed E-state index contributed by atoms with van der Waals surface area (Å²) < 4.78 is 37.1. The molecule has 0 aliphatic rings. The number of aryl methyl sites for hydroxylation is 1. The number of alkyl halides is 3. The Balaban J connectivity index is 2.23. The van der Waals surface area contributed by atoms with E-state index in [0.29, 0.717) is 5.56 Å². The number of benzene rings is 1. The van der Waals surface area contributed by atoms with Gasteiger partial charge in [-0.2, -0.15) is 13.2 Å². The fourth-order valence-electron chi connectivity index (χ4n) is 1.54. The second-order valence-electron chi connectivity index (χ2n) is 4.27. The third-order valence-electron chi connectivity index (χ3n) is 2.83. The highest BCUT2D eigenvalue weighted by atomic mass is 32.1. The zero-order chi connectivity index (χ0) is 15.8. The predicted octanol–water partition coefficient (Wildman–Crippen LogP) is 3.13. The largest absolute Gasteiger partial charge is 0.507 e. The Bertz CT molecular complexity index is 698. The Morgan fingerprint density at radius 1 is 1.29 bits per heavy atom. The minimum Gasteiger partial charge on any atom is -0.507 e. The summed E-state index contributed by atoms with van der Waals surface area (Å²) in [7, 11) is 0. The molecule has 21 heavy (non-hydrogen) atoms. The molecule has 0 fully saturated rings. The Labute approximate surface area is 121 Å². The molecule has 2 rings (SSSR count). The number of hydrogen-bond donors (Lipinski definition) is 2. The van der Waals surface area contributed by atoms with Gasteiger partial charge >= 0.3 is 6.18 Å². The van der Waals surface area contributed by atoms with Crippen LogP contribution in [0.1, 0.15) is 26.5 Å². The van der Waals surface area contributed by atoms with E-state index in [2.05, 4.69) is 15.5 Å². The topological polar surface area (TPSA) is 75.1 Å². The highest BCUT2D eigenvalue weighted by molar-refractivity contribution is 7.15. The molecule has 1 heterocycles. The first kappa shape index (κ1) is 15.2. The van der Waals surface area contributed by atoms with Crippen LogP contribution in [0.15, 0.2) is 12.1 Å². The zero-order valence-electron chi connectivity index (χ0n) is 10.9. The molecule has 0 saturated carbocycles. The molecule has 0 unspecified atom stereocenters. The van der Waals surface area contributed by atoms with Crippen LogP contribution < -0.4 is 5.32 Å². The minimum atomic E-state index is -4.61. The molecule has 2 aromatic rings. The average molecular weight is 317 g/mol. The van der Waals surface area contributed by atoms with Gasteiger partial charge < -0.3 is 5.11 Å². The molecular formula is C12H10F3N3O2S. The lowest BCUT2D eigenvalue weighted by atomic mass is 10.0. The van der Waals surface area contributed by atoms with Gasteiger partial charge in [0.05, 0.1) is 5.56 Å². The van der Waals surface area contributed by atoms with E-state index >= 15 is 0 Å². The summed E-state index contributed by atoms with van der Waals surface area (Å²) in [6.45, 7) is 3.39. The Kier molecular flexibility index (Phi) is 3.86. The summed E-state index contributed by atoms with van der Waals surface area (Å²) in [5.41, 5.74) is 1.28. The van der Waals surface area contributed by atoms with E-state index < -0.39 is 17.1 Å². The fraction of sp³-hybridized carbons (Fsp3) is 0.250. The number of aromatic nitrogens is 2. The van der Waals surface area contributed by atoms with Crippen LogP contribution in [0.3, 0.4) is 0 Å². The molecule has 0 spiro atoms. The van der Waals surface area contributed by atoms with E-state index in [1.807, 2.05) is 0 Å². The maximum Gasteiger partial charge on any atom is 0.445 e. The molecule has 0 aliphatic carbocycles. The van der Waals surface area contributed by atoms with Crippen molar-refractivity contribution >= 4 is 22.4 Å². The molecule has 5 nitrogen and oxygen atoms in total. The third kappa shape index (κ3) is 3.13. The van der Waals surface area contributed by atoms with Gasteiger partial charge in [0.25, 0.3) is 5.91 Å². The van der Waals surface area contributed by atoms with Gasteiger partial charge in [0.2, 0.25) is 10.1 Å². The Hall–Kier alpha value is -2.16. The number of nitrogens with one attached hydrogen (secondary N) is 1. The predicted molar refractivity (Wildman–Crippen MR) is 70.4 cm³/mol. The fourth-order valence-corrected chi connectivity index (χ4v) is 2.14. The van der Waals surface area contributed by atoms with Crippen LogP contribution in [0.2, 0.25) is 0 Å². The molecule has 0 saturated heterocycles. The summed E-state index contributed by atoms with van der Waals surface area (Å²) in [5, 5.41) is 16.8. The second kappa shape index (κ2) is 5.32. The van der Waals surface area contributed by atoms with Crippen molar-refractivity contribution in [3.63, 3.8) is 0 Å². The number of halogens is 3. The van der Waals surface area contributed by atoms with Crippen LogP contribution in [0.25, 0.3) is 0 Å². The Morgan fingerprint density at radius 2 is 1.95 bits per heavy atom. The lowest BCUT2D eigenvalue weighted by molar-refractivity contribution is -0.138. The summed E-state index contributed by atoms with van der Waals surface area (Å²) >= 11 is 0.215. The molecule has 1 aromatic heterocycles. The number of amides is 1. The van der Waals surface area contributed by atoms with E-state index in [1.54, 1.807) is 19.9 Å². The first-order valence-electron chi connectivity index (χ1n) is 5.71. The van der Waals surface area contributed by atoms with E-state index in [9.17, 15) is 23.1 Å². The first-order valence-corrected chi connectivity index (χ1v) is 6.53. The van der Waals surface area contributed by atoms with Crippen molar-refractivity contribution in [3.05, 3.63) is 33.8 Å². The van der Waals surface area contributed by atoms with E-state index in [1.165, 1.54) is 6.07 Å². The number of nitrogens with zero attached hydrogens (tertiary/aromatic N) is 2. The molecule has 0 aliphatic heterocycles. The second-order valence-corrected chi connectivity index (χ2v) is 5.25. The van der Waals surface area contributed by atoms with Gasteiger partial charge in [0, 0.05) is 0 Å². The summed E-state index contributed by atoms with van der Waals surface area (Å²) in [4.78, 5) is 11.9. The number of phenolic OH excluding ortho intramolecular Hbond substituents is 1. The molecule has 1 amide bonds. The molecule has 1 aromatic carbocycles. The number of carbonyl (C=O) groups excluding carboxylic acids is 1. The quantitative estimate of drug-likeness (QED) is 0.892. The SMILES string of the molecule is Cc1ccc(C(=O)Nc2nnc(C(F)(F)F)s2)c(O)c1C. The number of aromatic hydroxyl groups is 1. The average Bonchev–Trinajstić information content (AvgIpc) is 2.84. The summed E-state index contributed by atoms with van der Waals surface area (Å²) in [5.74, 6) is -0.964. The zero-order valence-corrected chi connectivity index (χ0v) is 11.8. The van der Waals surface area contributed by atoms with Crippen LogP contribution in [0.4, 0.5) is 18.3 Å². The normalized spacial score (nSPS) is 11.5. The van der Waals surface area contributed by atoms with Crippen LogP contribution in [0.5, 0.6) is 5.75 Å². The molecule has 0 atom stereocenters. The van der Waals surface area contributed by atoms with Crippen LogP contribution in [-0.2, 0) is 6.18 Å². The molecule has 112 valence electrons. The van der Waals surface area contributed by atoms with Crippen molar-refractivity contribution in [3.8, 4) is 5.75 Å². The van der Waals surface area contributed by atoms with Crippen molar-refractivity contribution in [2.45, 2.75) is 20.0 Å². The van der Waals surface area contributed by atoms with Gasteiger partial charge in [-0.25, -0.2) is 0 Å². The van der Waals surface area contributed by atoms with Gasteiger partial charge in [-0.15, -0.1) is 10.2 Å². The summed E-state index contributed by atoms with van der Waals surface area (Å²) in [6.07, 6.45) is -4.61. The smallest absolute Gasteiger partial charge is 0.445 e. The highest BCUT2D eigenvalue weighted by Crippen LogP contribution is 2.33. The highest BCUT2D eigenvalue weighted by Gasteiger charge is 2.35. The van der Waals surface area contributed by atoms with Crippen molar-refractivity contribution in [1.82, 2.24) is 10.2 Å². The number of anilines is 1. The monoisotopic (exact) mass is 317 g/mol. The van der Waals surface area contributed by atoms with Gasteiger partial charge in [0.1, 0.15) is 5.75 Å². The van der Waals surface area contributed by atoms with Crippen LogP contribution in [0, 0.1) is 13.8 Å². The van der Waals surface area contributed by atoms with Crippen molar-refractivity contribution in [2.24, 2.45) is 0 Å². The lowest BCUT2D eigenvalue weighted by Crippen LogP contribution is -2.12. The van der Waals surface area contributed by atoms with Gasteiger partial charge in [-0.1, -0.05) is 17.4 Å². The van der Waals surface area contributed by atoms with E-state index in [-0.39, 0.29) is 27.8 Å². The lowest BCUT2D eigenvalue weighted by Gasteiger charge is -2.08. The minimum absolute atomic E-state index is 0.0399. The molecule has 0 bridgehead atoms. The third-order valence-corrected chi connectivity index (χ3v) is 3.72. The molecule has 0 radical (unpaired) electrons. The maximum atomic E-state index is 12.4. The van der Waals surface area contributed by atoms with E-state index in [0.717, 1.165) is 5.56 Å². The van der Waals surface area contributed by atoms with Gasteiger partial charge in [0.15, 0.2) is 0 Å². The number of phenols is 1. The first-order chi connectivity index (χ1) is 9.70. The van der Waals surface area contributed by atoms with Crippen molar-refractivity contribution in [1.29, 1.82) is 0 Å². The van der Waals surface area contributed by atoms with Crippen LogP contribution in [-0.4, -0.2) is 21.2 Å². The summed E-state index contributed by atoms with van der Waals surface area (Å²) in [6, 6.07) is 3.02. The number of carbonyl (C=O) groups is 1. The van der Waals surface area contributed by atoms with Crippen molar-refractivity contribution < 1.29 is 23.1 Å². The van der Waals surface area contributed by atoms with Gasteiger partial charge in [-0.05, 0) is 31.0 Å². The standard InChI is InChI=1S/C12H10F3N3O2S/c1-5-3-4-7(8(19)6(5)2)9(20)16-11-18-17-10(21-11)12(13,14)15/h3-4,19H,1-2H3,(H,16,18,20). The number of hydrogen-bond acceptors (Lipinski definition) is 5. The van der Waals surface area contributed by atoms with E-state index in [4.69, 9.17) is 0 Å². The maximum absolute atomic E-state index is 12.4. The van der Waals surface area contributed by atoms with Crippen molar-refractivity contribution in [2.75, 3.05) is 5.32 Å². The molecule has 2 N–H and O–H groups in total. The Morgan fingerprint density at radius 3 is 2.52 bits per heavy atom. The van der Waals surface area contributed by atoms with Gasteiger partial charge in [-0.3, -0.25) is 10.1 Å². The van der Waals surface area contributed by atoms with Crippen LogP contribution >= 0.6 is 11.3 Å². The molecule has 9 heteroatoms.